The fourth-order valence-electron chi connectivity index (χ4n) is 2.87. The number of carbonyl (C=O) groups excluding carboxylic acids is 1. The average molecular weight is 401 g/mol. The number of hydrogen-bond donors (Lipinski definition) is 1. The summed E-state index contributed by atoms with van der Waals surface area (Å²) in [6.45, 7) is 1.80. The van der Waals surface area contributed by atoms with Crippen molar-refractivity contribution in [3.63, 3.8) is 0 Å². The summed E-state index contributed by atoms with van der Waals surface area (Å²) in [5.41, 5.74) is 1.05. The Morgan fingerprint density at radius 2 is 1.86 bits per heavy atom. The molecule has 0 fully saturated rings. The van der Waals surface area contributed by atoms with E-state index in [2.05, 4.69) is 10.4 Å². The first-order valence-corrected chi connectivity index (χ1v) is 8.97. The van der Waals surface area contributed by atoms with Crippen LogP contribution in [-0.2, 0) is 17.4 Å². The number of benzene rings is 2. The normalized spacial score (nSPS) is 11.9. The van der Waals surface area contributed by atoms with Crippen molar-refractivity contribution in [2.45, 2.75) is 25.9 Å². The van der Waals surface area contributed by atoms with Crippen LogP contribution in [0.25, 0.3) is 17.0 Å². The monoisotopic (exact) mass is 401 g/mol. The highest BCUT2D eigenvalue weighted by Gasteiger charge is 2.34. The Morgan fingerprint density at radius 1 is 1.14 bits per heavy atom. The van der Waals surface area contributed by atoms with Gasteiger partial charge in [0, 0.05) is 12.5 Å². The Bertz CT molecular complexity index is 1120. The zero-order chi connectivity index (χ0) is 21.0. The van der Waals surface area contributed by atoms with Gasteiger partial charge < -0.3 is 0 Å². The van der Waals surface area contributed by atoms with Crippen LogP contribution in [0.4, 0.5) is 13.2 Å². The Hall–Kier alpha value is -3.42. The molecular weight excluding hydrogens is 383 g/mol. The highest BCUT2D eigenvalue weighted by molar-refractivity contribution is 5.97. The molecule has 0 unspecified atom stereocenters. The van der Waals surface area contributed by atoms with Gasteiger partial charge in [-0.25, -0.2) is 9.66 Å². The number of alkyl halides is 3. The number of fused-ring (bicyclic) bond motifs is 1. The van der Waals surface area contributed by atoms with Gasteiger partial charge in [-0.3, -0.25) is 15.0 Å². The van der Waals surface area contributed by atoms with E-state index in [4.69, 9.17) is 0 Å². The van der Waals surface area contributed by atoms with Crippen LogP contribution in [0.3, 0.4) is 0 Å². The molecule has 2 aromatic carbocycles. The second kappa shape index (κ2) is 8.30. The van der Waals surface area contributed by atoms with E-state index < -0.39 is 28.7 Å². The number of amides is 1. The standard InChI is InChI=1S/C21H18F3N3O2/c1-2-7-17-25-19-15(10-6-11-16(19)21(22,23)24)20(29)27(17)26-18(28)13-12-14-8-4-3-5-9-14/h3-6,8-13H,2,7H2,1H3,(H,26,28)/b13-12+. The van der Waals surface area contributed by atoms with Crippen molar-refractivity contribution in [1.29, 1.82) is 0 Å². The van der Waals surface area contributed by atoms with Crippen LogP contribution >= 0.6 is 0 Å². The highest BCUT2D eigenvalue weighted by Crippen LogP contribution is 2.33. The second-order valence-corrected chi connectivity index (χ2v) is 6.34. The molecule has 1 amide bonds. The van der Waals surface area contributed by atoms with Crippen molar-refractivity contribution in [2.24, 2.45) is 0 Å². The van der Waals surface area contributed by atoms with Crippen molar-refractivity contribution in [2.75, 3.05) is 5.43 Å². The fourth-order valence-corrected chi connectivity index (χ4v) is 2.87. The van der Waals surface area contributed by atoms with E-state index in [1.54, 1.807) is 25.1 Å². The van der Waals surface area contributed by atoms with Gasteiger partial charge in [-0.15, -0.1) is 0 Å². The number of carbonyl (C=O) groups is 1. The van der Waals surface area contributed by atoms with Crippen LogP contribution in [0, 0.1) is 0 Å². The first kappa shape index (κ1) is 20.3. The molecule has 5 nitrogen and oxygen atoms in total. The van der Waals surface area contributed by atoms with Gasteiger partial charge in [-0.1, -0.05) is 43.3 Å². The van der Waals surface area contributed by atoms with Crippen molar-refractivity contribution in [1.82, 2.24) is 9.66 Å². The molecule has 3 aromatic rings. The summed E-state index contributed by atoms with van der Waals surface area (Å²) >= 11 is 0. The number of para-hydroxylation sites is 1. The lowest BCUT2D eigenvalue weighted by Gasteiger charge is -2.15. The van der Waals surface area contributed by atoms with Crippen LogP contribution in [0.2, 0.25) is 0 Å². The SMILES string of the molecule is CCCc1nc2c(C(F)(F)F)cccc2c(=O)n1NC(=O)/C=C/c1ccccc1. The third-order valence-electron chi connectivity index (χ3n) is 4.20. The van der Waals surface area contributed by atoms with Gasteiger partial charge in [0.25, 0.3) is 11.5 Å². The summed E-state index contributed by atoms with van der Waals surface area (Å²) in [7, 11) is 0. The minimum atomic E-state index is -4.64. The number of nitrogens with one attached hydrogen (secondary N) is 1. The van der Waals surface area contributed by atoms with Gasteiger partial charge in [-0.05, 0) is 30.2 Å². The van der Waals surface area contributed by atoms with Crippen LogP contribution in [0.15, 0.2) is 59.4 Å². The summed E-state index contributed by atoms with van der Waals surface area (Å²) in [5, 5.41) is -0.216. The molecular formula is C21H18F3N3O2. The second-order valence-electron chi connectivity index (χ2n) is 6.34. The molecule has 0 aliphatic carbocycles. The fraction of sp³-hybridized carbons (Fsp3) is 0.190. The van der Waals surface area contributed by atoms with Gasteiger partial charge in [0.15, 0.2) is 0 Å². The molecule has 1 aromatic heterocycles. The quantitative estimate of drug-likeness (QED) is 0.654. The van der Waals surface area contributed by atoms with E-state index in [1.807, 2.05) is 18.2 Å². The van der Waals surface area contributed by atoms with E-state index >= 15 is 0 Å². The van der Waals surface area contributed by atoms with E-state index in [0.717, 1.165) is 22.4 Å². The van der Waals surface area contributed by atoms with Crippen LogP contribution < -0.4 is 11.0 Å². The third-order valence-corrected chi connectivity index (χ3v) is 4.20. The molecule has 0 saturated heterocycles. The predicted molar refractivity (Wildman–Crippen MR) is 105 cm³/mol. The largest absolute Gasteiger partial charge is 0.418 e. The van der Waals surface area contributed by atoms with Gasteiger partial charge in [-0.2, -0.15) is 13.2 Å². The summed E-state index contributed by atoms with van der Waals surface area (Å²) < 4.78 is 40.9. The van der Waals surface area contributed by atoms with E-state index in [0.29, 0.717) is 6.42 Å². The Kier molecular flexibility index (Phi) is 5.81. The molecule has 0 atom stereocenters. The number of aryl methyl sites for hydroxylation is 1. The minimum Gasteiger partial charge on any atom is -0.268 e. The smallest absolute Gasteiger partial charge is 0.268 e. The zero-order valence-corrected chi connectivity index (χ0v) is 15.5. The first-order chi connectivity index (χ1) is 13.8. The average Bonchev–Trinajstić information content (AvgIpc) is 2.69. The topological polar surface area (TPSA) is 64.0 Å². The van der Waals surface area contributed by atoms with Gasteiger partial charge in [0.1, 0.15) is 5.82 Å². The van der Waals surface area contributed by atoms with Crippen LogP contribution in [0.1, 0.15) is 30.3 Å². The van der Waals surface area contributed by atoms with Crippen molar-refractivity contribution >= 4 is 22.9 Å². The highest BCUT2D eigenvalue weighted by atomic mass is 19.4. The molecule has 0 aliphatic rings. The Labute approximate surface area is 164 Å². The molecule has 0 aliphatic heterocycles. The Balaban J connectivity index is 2.04. The van der Waals surface area contributed by atoms with Gasteiger partial charge in [0.05, 0.1) is 16.5 Å². The molecule has 1 N–H and O–H groups in total. The molecule has 0 radical (unpaired) electrons. The molecule has 0 spiro atoms. The number of halogens is 3. The number of rotatable bonds is 5. The van der Waals surface area contributed by atoms with E-state index in [9.17, 15) is 22.8 Å². The Morgan fingerprint density at radius 3 is 2.52 bits per heavy atom. The lowest BCUT2D eigenvalue weighted by atomic mass is 10.1. The van der Waals surface area contributed by atoms with Crippen molar-refractivity contribution < 1.29 is 18.0 Å². The lowest BCUT2D eigenvalue weighted by Crippen LogP contribution is -2.36. The van der Waals surface area contributed by atoms with Gasteiger partial charge in [0.2, 0.25) is 0 Å². The molecule has 0 bridgehead atoms. The lowest BCUT2D eigenvalue weighted by molar-refractivity contribution is -0.136. The first-order valence-electron chi connectivity index (χ1n) is 8.97. The number of hydrogen-bond acceptors (Lipinski definition) is 3. The maximum absolute atomic E-state index is 13.3. The summed E-state index contributed by atoms with van der Waals surface area (Å²) in [6.07, 6.45) is -1.08. The molecule has 8 heteroatoms. The maximum Gasteiger partial charge on any atom is 0.418 e. The molecule has 29 heavy (non-hydrogen) atoms. The number of aromatic nitrogens is 2. The summed E-state index contributed by atoms with van der Waals surface area (Å²) in [4.78, 5) is 29.2. The molecule has 3 rings (SSSR count). The van der Waals surface area contributed by atoms with E-state index in [1.165, 1.54) is 12.1 Å². The van der Waals surface area contributed by atoms with Crippen LogP contribution in [0.5, 0.6) is 0 Å². The summed E-state index contributed by atoms with van der Waals surface area (Å²) in [6, 6.07) is 12.4. The van der Waals surface area contributed by atoms with Crippen molar-refractivity contribution in [3.8, 4) is 0 Å². The molecule has 1 heterocycles. The van der Waals surface area contributed by atoms with Crippen molar-refractivity contribution in [3.05, 3.63) is 81.9 Å². The van der Waals surface area contributed by atoms with Crippen LogP contribution in [-0.4, -0.2) is 15.6 Å². The third kappa shape index (κ3) is 4.53. The number of nitrogens with zero attached hydrogens (tertiary/aromatic N) is 2. The molecule has 0 saturated carbocycles. The minimum absolute atomic E-state index is 0.0585. The van der Waals surface area contributed by atoms with E-state index in [-0.39, 0.29) is 17.6 Å². The zero-order valence-electron chi connectivity index (χ0n) is 15.5. The molecule has 150 valence electrons. The summed E-state index contributed by atoms with van der Waals surface area (Å²) in [5.74, 6) is -0.537. The maximum atomic E-state index is 13.3. The predicted octanol–water partition coefficient (Wildman–Crippen LogP) is 4.15. The van der Waals surface area contributed by atoms with Gasteiger partial charge >= 0.3 is 6.18 Å².